The Labute approximate surface area is 61.3 Å². The molecule has 0 bridgehead atoms. The van der Waals surface area contributed by atoms with Gasteiger partial charge in [0.25, 0.3) is 0 Å². The van der Waals surface area contributed by atoms with Crippen molar-refractivity contribution in [2.75, 3.05) is 19.8 Å². The molecule has 0 saturated carbocycles. The third-order valence-electron chi connectivity index (χ3n) is 1.27. The van der Waals surface area contributed by atoms with Crippen LogP contribution in [-0.4, -0.2) is 19.8 Å². The van der Waals surface area contributed by atoms with E-state index < -0.39 is 8.03 Å². The van der Waals surface area contributed by atoms with Crippen LogP contribution in [-0.2, 0) is 9.09 Å². The van der Waals surface area contributed by atoms with E-state index >= 15 is 0 Å². The van der Waals surface area contributed by atoms with Gasteiger partial charge in [0, 0.05) is 19.5 Å². The summed E-state index contributed by atoms with van der Waals surface area (Å²) in [6.07, 6.45) is 2.79. The van der Waals surface area contributed by atoms with Crippen molar-refractivity contribution in [3.05, 3.63) is 11.8 Å². The lowest BCUT2D eigenvalue weighted by atomic mass is 10.3. The molecule has 1 aliphatic heterocycles. The van der Waals surface area contributed by atoms with Crippen LogP contribution in [0.15, 0.2) is 11.8 Å². The van der Waals surface area contributed by atoms with Gasteiger partial charge in [0.15, 0.2) is 12.4 Å². The van der Waals surface area contributed by atoms with Gasteiger partial charge in [-0.25, -0.2) is 0 Å². The minimum atomic E-state index is -1.47. The van der Waals surface area contributed by atoms with Crippen molar-refractivity contribution in [2.24, 2.45) is 0 Å². The molecule has 56 valence electrons. The van der Waals surface area contributed by atoms with Crippen molar-refractivity contribution in [1.29, 1.82) is 0 Å². The lowest BCUT2D eigenvalue weighted by Gasteiger charge is -2.07. The molecule has 0 aliphatic carbocycles. The minimum absolute atomic E-state index is 0.832. The maximum Gasteiger partial charge on any atom is 0.552 e. The Kier molecular flexibility index (Phi) is 2.84. The number of rotatable bonds is 2. The first kappa shape index (κ1) is 7.70. The lowest BCUT2D eigenvalue weighted by Crippen LogP contribution is -2.20. The Morgan fingerprint density at radius 1 is 1.80 bits per heavy atom. The van der Waals surface area contributed by atoms with Crippen LogP contribution < -0.4 is 5.32 Å². The van der Waals surface area contributed by atoms with Crippen LogP contribution >= 0.6 is 8.03 Å². The van der Waals surface area contributed by atoms with Gasteiger partial charge in [-0.2, -0.15) is 0 Å². The van der Waals surface area contributed by atoms with Crippen LogP contribution in [0.1, 0.15) is 6.42 Å². The maximum absolute atomic E-state index is 10.6. The van der Waals surface area contributed by atoms with Gasteiger partial charge in [0.05, 0.1) is 0 Å². The molecular formula is C6H11NO2P+. The maximum atomic E-state index is 10.6. The number of nitrogens with one attached hydrogen (secondary N) is 1. The third kappa shape index (κ3) is 2.46. The lowest BCUT2D eigenvalue weighted by molar-refractivity contribution is 0.396. The first-order valence-electron chi connectivity index (χ1n) is 3.27. The highest BCUT2D eigenvalue weighted by molar-refractivity contribution is 7.38. The molecule has 1 aliphatic rings. The highest BCUT2D eigenvalue weighted by Crippen LogP contribution is 2.23. The van der Waals surface area contributed by atoms with Crippen LogP contribution in [0, 0.1) is 0 Å². The fraction of sp³-hybridized carbons (Fsp3) is 0.667. The summed E-state index contributed by atoms with van der Waals surface area (Å²) >= 11 is 0. The summed E-state index contributed by atoms with van der Waals surface area (Å²) in [6, 6.07) is 0. The third-order valence-corrected chi connectivity index (χ3v) is 1.76. The molecule has 0 amide bonds. The second kappa shape index (κ2) is 3.69. The summed E-state index contributed by atoms with van der Waals surface area (Å²) in [5.74, 6) is 0.863. The highest BCUT2D eigenvalue weighted by Gasteiger charge is 2.13. The largest absolute Gasteiger partial charge is 0.552 e. The average Bonchev–Trinajstić information content (AvgIpc) is 1.88. The SMILES string of the molecule is C[P+](=O)OC1=CCNCC1. The normalized spacial score (nSPS) is 19.7. The van der Waals surface area contributed by atoms with Gasteiger partial charge >= 0.3 is 8.03 Å². The molecule has 1 unspecified atom stereocenters. The van der Waals surface area contributed by atoms with Crippen molar-refractivity contribution in [1.82, 2.24) is 5.32 Å². The molecule has 0 saturated heterocycles. The fourth-order valence-corrected chi connectivity index (χ4v) is 1.35. The van der Waals surface area contributed by atoms with E-state index in [-0.39, 0.29) is 0 Å². The Morgan fingerprint density at radius 3 is 3.10 bits per heavy atom. The van der Waals surface area contributed by atoms with E-state index in [4.69, 9.17) is 4.52 Å². The average molecular weight is 160 g/mol. The first-order valence-corrected chi connectivity index (χ1v) is 4.90. The molecule has 10 heavy (non-hydrogen) atoms. The zero-order valence-electron chi connectivity index (χ0n) is 5.96. The molecule has 0 radical (unpaired) electrons. The van der Waals surface area contributed by atoms with E-state index in [2.05, 4.69) is 5.32 Å². The van der Waals surface area contributed by atoms with E-state index in [0.29, 0.717) is 0 Å². The summed E-state index contributed by atoms with van der Waals surface area (Å²) < 4.78 is 15.6. The van der Waals surface area contributed by atoms with Crippen LogP contribution in [0.5, 0.6) is 0 Å². The smallest absolute Gasteiger partial charge is 0.313 e. The van der Waals surface area contributed by atoms with E-state index in [9.17, 15) is 4.57 Å². The molecule has 1 rings (SSSR count). The molecule has 0 aromatic heterocycles. The standard InChI is InChI=1S/C6H11NO2P/c1-10(8)9-6-2-4-7-5-3-6/h2,7H,3-5H2,1H3/q+1. The quantitative estimate of drug-likeness (QED) is 0.618. The molecular weight excluding hydrogens is 149 g/mol. The van der Waals surface area contributed by atoms with Gasteiger partial charge in [-0.15, -0.1) is 0 Å². The summed E-state index contributed by atoms with van der Waals surface area (Å²) in [5, 5.41) is 3.14. The molecule has 4 heteroatoms. The van der Waals surface area contributed by atoms with Crippen molar-refractivity contribution < 1.29 is 9.09 Å². The van der Waals surface area contributed by atoms with Crippen LogP contribution in [0.25, 0.3) is 0 Å². The Balaban J connectivity index is 2.38. The summed E-state index contributed by atoms with van der Waals surface area (Å²) in [4.78, 5) is 0. The predicted molar refractivity (Wildman–Crippen MR) is 40.2 cm³/mol. The Bertz CT molecular complexity index is 167. The molecule has 1 atom stereocenters. The molecule has 0 fully saturated rings. The molecule has 0 aromatic carbocycles. The van der Waals surface area contributed by atoms with Gasteiger partial charge in [0.2, 0.25) is 0 Å². The topological polar surface area (TPSA) is 38.3 Å². The molecule has 1 N–H and O–H groups in total. The van der Waals surface area contributed by atoms with Crippen molar-refractivity contribution in [2.45, 2.75) is 6.42 Å². The number of hydrogen-bond acceptors (Lipinski definition) is 3. The zero-order valence-corrected chi connectivity index (χ0v) is 6.86. The molecule has 0 aromatic rings. The number of hydrogen-bond donors (Lipinski definition) is 1. The van der Waals surface area contributed by atoms with Crippen LogP contribution in [0.2, 0.25) is 0 Å². The second-order valence-electron chi connectivity index (χ2n) is 2.16. The second-order valence-corrected chi connectivity index (χ2v) is 3.22. The Morgan fingerprint density at radius 2 is 2.60 bits per heavy atom. The summed E-state index contributed by atoms with van der Waals surface area (Å²) in [5.41, 5.74) is 0. The van der Waals surface area contributed by atoms with Gasteiger partial charge in [-0.1, -0.05) is 0 Å². The van der Waals surface area contributed by atoms with E-state index in [0.717, 1.165) is 25.3 Å². The van der Waals surface area contributed by atoms with Crippen LogP contribution in [0.3, 0.4) is 0 Å². The summed E-state index contributed by atoms with van der Waals surface area (Å²) in [6.45, 7) is 3.33. The van der Waals surface area contributed by atoms with Gasteiger partial charge in [-0.05, 0) is 10.6 Å². The first-order chi connectivity index (χ1) is 4.79. The van der Waals surface area contributed by atoms with Gasteiger partial charge in [0.1, 0.15) is 0 Å². The molecule has 1 heterocycles. The molecule has 3 nitrogen and oxygen atoms in total. The van der Waals surface area contributed by atoms with Crippen molar-refractivity contribution >= 4 is 8.03 Å². The predicted octanol–water partition coefficient (Wildman–Crippen LogP) is 1.25. The van der Waals surface area contributed by atoms with E-state index in [1.54, 1.807) is 6.66 Å². The minimum Gasteiger partial charge on any atom is -0.313 e. The monoisotopic (exact) mass is 160 g/mol. The van der Waals surface area contributed by atoms with Crippen molar-refractivity contribution in [3.63, 3.8) is 0 Å². The summed E-state index contributed by atoms with van der Waals surface area (Å²) in [7, 11) is -1.47. The van der Waals surface area contributed by atoms with Gasteiger partial charge < -0.3 is 5.32 Å². The Hall–Kier alpha value is -0.400. The van der Waals surface area contributed by atoms with E-state index in [1.165, 1.54) is 0 Å². The molecule has 0 spiro atoms. The van der Waals surface area contributed by atoms with Gasteiger partial charge in [-0.3, -0.25) is 4.52 Å². The van der Waals surface area contributed by atoms with E-state index in [1.807, 2.05) is 6.08 Å². The zero-order chi connectivity index (χ0) is 7.40. The fourth-order valence-electron chi connectivity index (χ4n) is 0.850. The van der Waals surface area contributed by atoms with Crippen LogP contribution in [0.4, 0.5) is 0 Å². The van der Waals surface area contributed by atoms with Crippen molar-refractivity contribution in [3.8, 4) is 0 Å². The highest BCUT2D eigenvalue weighted by atomic mass is 31.1.